The Morgan fingerprint density at radius 1 is 1.43 bits per heavy atom. The molecule has 0 radical (unpaired) electrons. The molecule has 0 aliphatic heterocycles. The summed E-state index contributed by atoms with van der Waals surface area (Å²) in [4.78, 5) is 16.2. The third-order valence-corrected chi connectivity index (χ3v) is 5.60. The smallest absolute Gasteiger partial charge is 0.309 e. The van der Waals surface area contributed by atoms with Crippen LogP contribution in [-0.4, -0.2) is 16.1 Å². The van der Waals surface area contributed by atoms with Gasteiger partial charge in [-0.1, -0.05) is 25.4 Å². The second kappa shape index (κ2) is 4.47. The number of rotatable bonds is 2. The third kappa shape index (κ3) is 1.96. The number of hydrogen-bond acceptors (Lipinski definition) is 3. The molecule has 1 aromatic heterocycles. The molecule has 3 rings (SSSR count). The first-order valence-electron chi connectivity index (χ1n) is 7.05. The molecular weight excluding hydrogens is 290 g/mol. The molecule has 112 valence electrons. The van der Waals surface area contributed by atoms with Crippen molar-refractivity contribution in [1.29, 1.82) is 0 Å². The van der Waals surface area contributed by atoms with Crippen molar-refractivity contribution in [2.24, 2.45) is 10.8 Å². The molecule has 1 aromatic carbocycles. The number of oxazole rings is 1. The van der Waals surface area contributed by atoms with E-state index in [1.807, 2.05) is 20.8 Å². The average molecular weight is 308 g/mol. The van der Waals surface area contributed by atoms with E-state index in [-0.39, 0.29) is 5.92 Å². The van der Waals surface area contributed by atoms with Crippen LogP contribution >= 0.6 is 11.6 Å². The van der Waals surface area contributed by atoms with Crippen LogP contribution in [0.4, 0.5) is 0 Å². The number of carbonyl (C=O) groups is 1. The van der Waals surface area contributed by atoms with E-state index in [4.69, 9.17) is 16.0 Å². The van der Waals surface area contributed by atoms with Crippen molar-refractivity contribution < 1.29 is 14.3 Å². The summed E-state index contributed by atoms with van der Waals surface area (Å²) in [7, 11) is 0. The maximum absolute atomic E-state index is 11.7. The molecular formula is C16H18ClNO3. The molecule has 1 heterocycles. The minimum absolute atomic E-state index is 0.00947. The zero-order chi connectivity index (χ0) is 15.4. The van der Waals surface area contributed by atoms with Gasteiger partial charge >= 0.3 is 5.97 Å². The molecule has 1 saturated carbocycles. The van der Waals surface area contributed by atoms with Crippen molar-refractivity contribution >= 4 is 28.7 Å². The Balaban J connectivity index is 2.05. The van der Waals surface area contributed by atoms with Gasteiger partial charge in [0, 0.05) is 10.9 Å². The van der Waals surface area contributed by atoms with Crippen LogP contribution in [0, 0.1) is 10.8 Å². The van der Waals surface area contributed by atoms with E-state index in [1.165, 1.54) is 0 Å². The number of aliphatic carboxylic acids is 1. The minimum atomic E-state index is -0.768. The van der Waals surface area contributed by atoms with E-state index in [9.17, 15) is 9.90 Å². The van der Waals surface area contributed by atoms with Gasteiger partial charge in [0.2, 0.25) is 0 Å². The zero-order valence-electron chi connectivity index (χ0n) is 12.3. The van der Waals surface area contributed by atoms with E-state index in [0.717, 1.165) is 11.9 Å². The van der Waals surface area contributed by atoms with Gasteiger partial charge < -0.3 is 9.52 Å². The fraction of sp³-hybridized carbons (Fsp3) is 0.500. The summed E-state index contributed by atoms with van der Waals surface area (Å²) in [6.45, 7) is 5.79. The first-order valence-corrected chi connectivity index (χ1v) is 7.43. The Hall–Kier alpha value is -1.55. The molecule has 1 aliphatic rings. The van der Waals surface area contributed by atoms with Crippen LogP contribution in [0.25, 0.3) is 11.1 Å². The summed E-state index contributed by atoms with van der Waals surface area (Å²) in [5.74, 6) is -0.152. The van der Waals surface area contributed by atoms with E-state index >= 15 is 0 Å². The van der Waals surface area contributed by atoms with E-state index in [0.29, 0.717) is 22.9 Å². The number of benzene rings is 1. The number of hydrogen-bond donors (Lipinski definition) is 1. The highest BCUT2D eigenvalue weighted by molar-refractivity contribution is 6.31. The van der Waals surface area contributed by atoms with Crippen molar-refractivity contribution in [2.75, 3.05) is 0 Å². The van der Waals surface area contributed by atoms with Gasteiger partial charge in [-0.15, -0.1) is 0 Å². The molecule has 5 heteroatoms. The van der Waals surface area contributed by atoms with Crippen molar-refractivity contribution in [3.05, 3.63) is 29.1 Å². The topological polar surface area (TPSA) is 63.3 Å². The van der Waals surface area contributed by atoms with Crippen molar-refractivity contribution in [1.82, 2.24) is 4.98 Å². The molecule has 0 unspecified atom stereocenters. The first kappa shape index (κ1) is 14.4. The number of carboxylic acid groups (broad SMARTS) is 1. The van der Waals surface area contributed by atoms with Crippen LogP contribution in [-0.2, 0) is 4.79 Å². The Morgan fingerprint density at radius 3 is 2.76 bits per heavy atom. The van der Waals surface area contributed by atoms with E-state index < -0.39 is 16.8 Å². The summed E-state index contributed by atoms with van der Waals surface area (Å²) in [5, 5.41) is 10.2. The average Bonchev–Trinajstić information content (AvgIpc) is 2.89. The molecule has 0 spiro atoms. The Labute approximate surface area is 128 Å². The van der Waals surface area contributed by atoms with Gasteiger partial charge in [-0.2, -0.15) is 0 Å². The molecule has 0 bridgehead atoms. The second-order valence-electron chi connectivity index (χ2n) is 6.61. The van der Waals surface area contributed by atoms with Crippen LogP contribution in [0.3, 0.4) is 0 Å². The third-order valence-electron chi connectivity index (χ3n) is 5.36. The molecule has 1 aliphatic carbocycles. The summed E-state index contributed by atoms with van der Waals surface area (Å²) in [5.41, 5.74) is 0.214. The summed E-state index contributed by atoms with van der Waals surface area (Å²) in [6, 6.07) is 5.33. The van der Waals surface area contributed by atoms with Gasteiger partial charge in [0.1, 0.15) is 5.52 Å². The largest absolute Gasteiger partial charge is 0.481 e. The fourth-order valence-corrected chi connectivity index (χ4v) is 3.55. The summed E-state index contributed by atoms with van der Waals surface area (Å²) >= 11 is 5.97. The molecule has 1 fully saturated rings. The molecule has 0 saturated heterocycles. The highest BCUT2D eigenvalue weighted by Gasteiger charge is 2.57. The van der Waals surface area contributed by atoms with Gasteiger partial charge in [0.15, 0.2) is 11.5 Å². The number of fused-ring (bicyclic) bond motifs is 1. The lowest BCUT2D eigenvalue weighted by molar-refractivity contribution is -0.153. The zero-order valence-corrected chi connectivity index (χ0v) is 13.1. The van der Waals surface area contributed by atoms with Crippen LogP contribution in [0.1, 0.15) is 45.4 Å². The lowest BCUT2D eigenvalue weighted by Gasteiger charge is -2.37. The van der Waals surface area contributed by atoms with Crippen LogP contribution < -0.4 is 0 Å². The maximum atomic E-state index is 11.7. The SMILES string of the molecule is CC1(C)[C@@H](c2nc3cc(Cl)ccc3o2)CC[C@@]1(C)C(=O)O. The van der Waals surface area contributed by atoms with Crippen LogP contribution in [0.5, 0.6) is 0 Å². The van der Waals surface area contributed by atoms with Crippen LogP contribution in [0.2, 0.25) is 5.02 Å². The van der Waals surface area contributed by atoms with Gasteiger partial charge in [-0.25, -0.2) is 4.98 Å². The minimum Gasteiger partial charge on any atom is -0.481 e. The Bertz CT molecular complexity index is 721. The number of halogens is 1. The standard InChI is InChI=1S/C16H18ClNO3/c1-15(2)10(6-7-16(15,3)14(19)20)13-18-11-8-9(17)4-5-12(11)21-13/h4-5,8,10H,6-7H2,1-3H3,(H,19,20)/t10-,16+/m1/s1. The van der Waals surface area contributed by atoms with Crippen molar-refractivity contribution in [3.8, 4) is 0 Å². The predicted octanol–water partition coefficient (Wildman–Crippen LogP) is 4.48. The monoisotopic (exact) mass is 307 g/mol. The van der Waals surface area contributed by atoms with Crippen molar-refractivity contribution in [3.63, 3.8) is 0 Å². The number of aromatic nitrogens is 1. The fourth-order valence-electron chi connectivity index (χ4n) is 3.38. The highest BCUT2D eigenvalue weighted by atomic mass is 35.5. The van der Waals surface area contributed by atoms with E-state index in [1.54, 1.807) is 18.2 Å². The lowest BCUT2D eigenvalue weighted by atomic mass is 9.66. The van der Waals surface area contributed by atoms with E-state index in [2.05, 4.69) is 4.98 Å². The number of carboxylic acids is 1. The quantitative estimate of drug-likeness (QED) is 0.888. The van der Waals surface area contributed by atoms with Crippen molar-refractivity contribution in [2.45, 2.75) is 39.5 Å². The highest BCUT2D eigenvalue weighted by Crippen LogP contribution is 2.59. The normalized spacial score (nSPS) is 28.1. The first-order chi connectivity index (χ1) is 9.75. The summed E-state index contributed by atoms with van der Waals surface area (Å²) < 4.78 is 5.85. The predicted molar refractivity (Wildman–Crippen MR) is 80.5 cm³/mol. The molecule has 0 amide bonds. The second-order valence-corrected chi connectivity index (χ2v) is 7.05. The maximum Gasteiger partial charge on any atom is 0.309 e. The Morgan fingerprint density at radius 2 is 2.14 bits per heavy atom. The van der Waals surface area contributed by atoms with Gasteiger partial charge in [0.25, 0.3) is 0 Å². The molecule has 1 N–H and O–H groups in total. The molecule has 2 atom stereocenters. The van der Waals surface area contributed by atoms with Gasteiger partial charge in [-0.05, 0) is 43.4 Å². The lowest BCUT2D eigenvalue weighted by Crippen LogP contribution is -2.40. The molecule has 21 heavy (non-hydrogen) atoms. The van der Waals surface area contributed by atoms with Gasteiger partial charge in [0.05, 0.1) is 5.41 Å². The Kier molecular flexibility index (Phi) is 3.06. The van der Waals surface area contributed by atoms with Gasteiger partial charge in [-0.3, -0.25) is 4.79 Å². The molecule has 4 nitrogen and oxygen atoms in total. The van der Waals surface area contributed by atoms with Crippen LogP contribution in [0.15, 0.2) is 22.6 Å². The summed E-state index contributed by atoms with van der Waals surface area (Å²) in [6.07, 6.45) is 1.38. The number of nitrogens with zero attached hydrogens (tertiary/aromatic N) is 1. The molecule has 2 aromatic rings.